The van der Waals surface area contributed by atoms with Gasteiger partial charge in [0, 0.05) is 20.7 Å². The van der Waals surface area contributed by atoms with E-state index in [0.29, 0.717) is 0 Å². The van der Waals surface area contributed by atoms with Gasteiger partial charge in [0.2, 0.25) is 17.7 Å². The summed E-state index contributed by atoms with van der Waals surface area (Å²) in [6.45, 7) is 1.37. The van der Waals surface area contributed by atoms with Gasteiger partial charge in [-0.15, -0.1) is 0 Å². The van der Waals surface area contributed by atoms with Gasteiger partial charge in [-0.05, 0) is 6.92 Å². The number of methoxy groups -OCH3 is 1. The Bertz CT molecular complexity index is 2250. The van der Waals surface area contributed by atoms with Crippen molar-refractivity contribution < 1.29 is 81.6 Å². The monoisotopic (exact) mass is 830 g/mol. The van der Waals surface area contributed by atoms with E-state index < -0.39 is 101 Å². The fourth-order valence-electron chi connectivity index (χ4n) is 6.94. The number of carbonyl (C=O) groups is 1. The predicted octanol–water partition coefficient (Wildman–Crippen LogP) is -5.30. The number of nitrogens with one attached hydrogen (secondary N) is 1. The van der Waals surface area contributed by atoms with Gasteiger partial charge in [0.25, 0.3) is 13.6 Å². The number of nitrogens with zero attached hydrogens (tertiary/aromatic N) is 8. The average Bonchev–Trinajstić information content (AvgIpc) is 3.89. The number of carboxylic acid groups (broad SMARTS) is 1. The quantitative estimate of drug-likeness (QED) is 0.0573. The Morgan fingerprint density at radius 2 is 1.54 bits per heavy atom. The summed E-state index contributed by atoms with van der Waals surface area (Å²) in [5.41, 5.74) is 1.62. The molecule has 0 aromatic carbocycles. The van der Waals surface area contributed by atoms with Crippen molar-refractivity contribution in [3.63, 3.8) is 0 Å². The number of aliphatic carboxylic acids is 1. The van der Waals surface area contributed by atoms with E-state index in [1.54, 1.807) is 0 Å². The smallest absolute Gasteiger partial charge is 0.268 e. The van der Waals surface area contributed by atoms with Gasteiger partial charge >= 0.3 is 0 Å². The lowest BCUT2D eigenvalue weighted by atomic mass is 9.85. The minimum Gasteiger partial charge on any atom is -0.779 e. The second kappa shape index (κ2) is 14.2. The number of carboxylic acids is 1. The molecule has 4 aromatic heterocycles. The van der Waals surface area contributed by atoms with E-state index in [0.717, 1.165) is 42.3 Å². The molecule has 0 aliphatic carbocycles. The summed E-state index contributed by atoms with van der Waals surface area (Å²) < 4.78 is 61.1. The maximum Gasteiger partial charge on any atom is 0.268 e. The molecule has 4 aromatic rings. The van der Waals surface area contributed by atoms with Crippen molar-refractivity contribution in [2.24, 2.45) is 0 Å². The lowest BCUT2D eigenvalue weighted by Gasteiger charge is -2.44. The Hall–Kier alpha value is -3.85. The average molecular weight is 831 g/mol. The maximum atomic E-state index is 13.3. The van der Waals surface area contributed by atoms with Gasteiger partial charge < -0.3 is 78.2 Å². The Morgan fingerprint density at radius 1 is 0.964 bits per heavy atom. The third kappa shape index (κ3) is 6.83. The molecule has 7 rings (SSSR count). The molecule has 2 saturated heterocycles. The first-order valence-electron chi connectivity index (χ1n) is 16.6. The number of nitrogen functional groups attached to an aromatic ring is 1. The largest absolute Gasteiger partial charge is 0.779 e. The van der Waals surface area contributed by atoms with Crippen LogP contribution in [0.4, 0.5) is 11.6 Å². The van der Waals surface area contributed by atoms with E-state index in [1.807, 2.05) is 0 Å². The van der Waals surface area contributed by atoms with Crippen molar-refractivity contribution in [1.82, 2.24) is 34.1 Å². The Morgan fingerprint density at radius 3 is 2.14 bits per heavy atom. The van der Waals surface area contributed by atoms with E-state index >= 15 is 0 Å². The maximum absolute atomic E-state index is 13.3. The number of phosphoric ester groups is 1. The molecule has 2 fully saturated rings. The highest BCUT2D eigenvalue weighted by atomic mass is 31.2. The molecule has 56 heavy (non-hydrogen) atoms. The zero-order valence-corrected chi connectivity index (χ0v) is 31.4. The third-order valence-electron chi connectivity index (χ3n) is 9.83. The molecule has 0 spiro atoms. The molecule has 28 heteroatoms. The number of aromatic nitrogens is 8. The van der Waals surface area contributed by atoms with Gasteiger partial charge in [-0.3, -0.25) is 19.0 Å². The normalized spacial score (nSPS) is 35.3. The highest BCUT2D eigenvalue weighted by Crippen LogP contribution is 2.47. The van der Waals surface area contributed by atoms with Crippen molar-refractivity contribution in [3.05, 3.63) is 25.3 Å². The molecule has 0 bridgehead atoms. The summed E-state index contributed by atoms with van der Waals surface area (Å²) in [6.07, 6.45) is -9.26. The van der Waals surface area contributed by atoms with E-state index in [4.69, 9.17) is 33.5 Å². The molecular formula is C28H36N10O16P2-2. The van der Waals surface area contributed by atoms with Crippen LogP contribution in [0.25, 0.3) is 22.3 Å². The summed E-state index contributed by atoms with van der Waals surface area (Å²) >= 11 is 0. The number of imidazole rings is 2. The van der Waals surface area contributed by atoms with Crippen LogP contribution >= 0.6 is 15.4 Å². The molecule has 0 amide bonds. The van der Waals surface area contributed by atoms with Gasteiger partial charge in [0.1, 0.15) is 62.4 Å². The minimum atomic E-state index is -5.46. The van der Waals surface area contributed by atoms with Crippen LogP contribution in [0.5, 0.6) is 0 Å². The number of ether oxygens (including phenoxy) is 3. The number of fused-ring (bicyclic) bond motifs is 4. The molecule has 306 valence electrons. The molecule has 0 saturated carbocycles. The molecule has 3 aliphatic heterocycles. The van der Waals surface area contributed by atoms with Crippen molar-refractivity contribution in [1.29, 1.82) is 0 Å². The van der Waals surface area contributed by atoms with Crippen LogP contribution < -0.4 is 30.5 Å². The fourth-order valence-corrected chi connectivity index (χ4v) is 8.30. The number of carbonyl (C=O) groups excluding carboxylic acids is 1. The summed E-state index contributed by atoms with van der Waals surface area (Å²) in [5.74, 6) is -1.82. The van der Waals surface area contributed by atoms with Crippen LogP contribution in [0.3, 0.4) is 0 Å². The van der Waals surface area contributed by atoms with Crippen molar-refractivity contribution in [2.45, 2.75) is 80.3 Å². The van der Waals surface area contributed by atoms with E-state index in [9.17, 15) is 49.2 Å². The highest BCUT2D eigenvalue weighted by molar-refractivity contribution is 7.50. The molecular weight excluding hydrogens is 794 g/mol. The van der Waals surface area contributed by atoms with Gasteiger partial charge in [0.05, 0.1) is 25.5 Å². The Kier molecular flexibility index (Phi) is 10.2. The van der Waals surface area contributed by atoms with Crippen LogP contribution in [-0.2, 0) is 47.4 Å². The number of anilines is 2. The highest BCUT2D eigenvalue weighted by Gasteiger charge is 2.57. The standard InChI is InChI=1S/C28H38N10O16P2/c1-27(26(42)43)25(41)28(2,44)38-10-34-21-14(22(38)35-27)33-9-37(21)24-16(40)18(12(53-24)5-50-55(4,45)46)54-56(47,48)51-6-11-17(49-3)15(39)23(52-11)36-8-32-13-19(29)30-7-31-20(13)36/h7-12,15-18,23-25,39-41,44H,5-6H2,1-4H3,(H5,29,30,31,42,43,45,46,47,48)/p-2/t11-,12-,15+,16+,17?,18?,23-,24-,25?,27?,28?/m1/s1. The van der Waals surface area contributed by atoms with Crippen molar-refractivity contribution >= 4 is 55.4 Å². The van der Waals surface area contributed by atoms with Crippen molar-refractivity contribution in [3.8, 4) is 0 Å². The number of aliphatic hydroxyl groups is 4. The van der Waals surface area contributed by atoms with Crippen molar-refractivity contribution in [2.75, 3.05) is 38.0 Å². The number of rotatable bonds is 12. The summed E-state index contributed by atoms with van der Waals surface area (Å²) in [7, 11) is -8.65. The summed E-state index contributed by atoms with van der Waals surface area (Å²) in [5, 5.41) is 59.0. The number of phosphoric acid groups is 1. The van der Waals surface area contributed by atoms with Crippen LogP contribution in [-0.4, -0.2) is 136 Å². The lowest BCUT2D eigenvalue weighted by Crippen LogP contribution is -2.77. The van der Waals surface area contributed by atoms with Crippen LogP contribution in [0.2, 0.25) is 0 Å². The molecule has 3 aliphatic rings. The SMILES string of the molecule is COC1[C@@H](COP(=O)([O-])OC2[C@@H](COP(C)(=O)[O-])O[C@@H](n3cnc4c5[n+](cnc43)C(C)(O)C(O)C(C)(C(=O)[O-])N5)[C@H]2O)O[C@@H](n2cnc3c(N)ncnc32)[C@H]1O. The van der Waals surface area contributed by atoms with E-state index in [1.165, 1.54) is 24.3 Å². The second-order valence-corrected chi connectivity index (χ2v) is 16.8. The van der Waals surface area contributed by atoms with E-state index in [-0.39, 0.29) is 34.0 Å². The van der Waals surface area contributed by atoms with Crippen LogP contribution in [0, 0.1) is 0 Å². The second-order valence-electron chi connectivity index (χ2n) is 13.7. The summed E-state index contributed by atoms with van der Waals surface area (Å²) in [6, 6.07) is 0. The third-order valence-corrected chi connectivity index (χ3v) is 11.4. The van der Waals surface area contributed by atoms with Gasteiger partial charge in [-0.1, -0.05) is 4.98 Å². The Labute approximate surface area is 314 Å². The first-order chi connectivity index (χ1) is 26.2. The number of aliphatic hydroxyl groups excluding tert-OH is 3. The van der Waals surface area contributed by atoms with Crippen LogP contribution in [0.15, 0.2) is 25.3 Å². The first kappa shape index (κ1) is 40.4. The zero-order chi connectivity index (χ0) is 40.7. The topological polar surface area (TPSA) is 373 Å². The Balaban J connectivity index is 1.12. The molecule has 13 atom stereocenters. The lowest BCUT2D eigenvalue weighted by molar-refractivity contribution is -0.807. The molecule has 26 nitrogen and oxygen atoms in total. The van der Waals surface area contributed by atoms with Gasteiger partial charge in [-0.25, -0.2) is 24.5 Å². The molecule has 7 unspecified atom stereocenters. The first-order valence-corrected chi connectivity index (χ1v) is 20.0. The van der Waals surface area contributed by atoms with Gasteiger partial charge in [0.15, 0.2) is 41.1 Å². The number of hydrogen-bond acceptors (Lipinski definition) is 23. The number of hydrogen-bond donors (Lipinski definition) is 6. The minimum absolute atomic E-state index is 0.0679. The van der Waals surface area contributed by atoms with E-state index in [2.05, 4.69) is 30.2 Å². The molecule has 0 radical (unpaired) electrons. The molecule has 7 heterocycles. The number of nitrogens with two attached hydrogens (primary N) is 1. The fraction of sp³-hybridized carbons (Fsp3) is 0.607. The summed E-state index contributed by atoms with van der Waals surface area (Å²) in [4.78, 5) is 57.9. The van der Waals surface area contributed by atoms with Gasteiger partial charge in [-0.2, -0.15) is 0 Å². The predicted molar refractivity (Wildman–Crippen MR) is 175 cm³/mol. The molecule has 7 N–H and O–H groups in total. The van der Waals surface area contributed by atoms with Crippen LogP contribution in [0.1, 0.15) is 26.3 Å². The zero-order valence-electron chi connectivity index (χ0n) is 29.7.